The Bertz CT molecular complexity index is 612. The van der Waals surface area contributed by atoms with Crippen molar-refractivity contribution in [3.05, 3.63) is 10.1 Å². The molecule has 0 saturated carbocycles. The third kappa shape index (κ3) is 3.34. The monoisotopic (exact) mass is 338 g/mol. The van der Waals surface area contributed by atoms with Crippen LogP contribution >= 0.6 is 0 Å². The van der Waals surface area contributed by atoms with Crippen LogP contribution in [0, 0.1) is 10.1 Å². The van der Waals surface area contributed by atoms with Crippen LogP contribution in [0.25, 0.3) is 0 Å². The normalized spacial score (nSPS) is 24.9. The molecule has 10 heteroatoms. The summed E-state index contributed by atoms with van der Waals surface area (Å²) in [6, 6.07) is 0. The minimum Gasteiger partial charge on any atom is -0.378 e. The first-order chi connectivity index (χ1) is 11.5. The van der Waals surface area contributed by atoms with Crippen molar-refractivity contribution in [1.82, 2.24) is 9.97 Å². The molecule has 132 valence electrons. The first-order valence-electron chi connectivity index (χ1n) is 8.00. The van der Waals surface area contributed by atoms with Gasteiger partial charge in [-0.25, -0.2) is 0 Å². The number of hydrogen-bond donors (Lipinski definition) is 1. The number of anilines is 3. The number of rotatable bonds is 3. The van der Waals surface area contributed by atoms with Crippen molar-refractivity contribution < 1.29 is 14.4 Å². The first-order valence-corrected chi connectivity index (χ1v) is 8.00. The Morgan fingerprint density at radius 1 is 1.17 bits per heavy atom. The Hall–Kier alpha value is -2.20. The molecule has 24 heavy (non-hydrogen) atoms. The summed E-state index contributed by atoms with van der Waals surface area (Å²) in [5.41, 5.74) is 5.65. The predicted molar refractivity (Wildman–Crippen MR) is 88.4 cm³/mol. The number of morpholine rings is 2. The fourth-order valence-corrected chi connectivity index (χ4v) is 3.10. The van der Waals surface area contributed by atoms with Crippen LogP contribution in [0.2, 0.25) is 0 Å². The average molecular weight is 338 g/mol. The van der Waals surface area contributed by atoms with Crippen LogP contribution in [-0.2, 0) is 9.47 Å². The van der Waals surface area contributed by atoms with Crippen molar-refractivity contribution in [2.24, 2.45) is 0 Å². The average Bonchev–Trinajstić information content (AvgIpc) is 2.53. The number of ether oxygens (including phenoxy) is 2. The molecule has 0 aliphatic carbocycles. The SMILES string of the molecule is C[C@@H]1CN(c2nc(N3CCOCC3)nc(N)c2[N+](=O)[O-])C[C@@H](C)O1. The van der Waals surface area contributed by atoms with Crippen LogP contribution in [-0.4, -0.2) is 66.5 Å². The van der Waals surface area contributed by atoms with E-state index < -0.39 is 4.92 Å². The van der Waals surface area contributed by atoms with Crippen molar-refractivity contribution in [2.45, 2.75) is 26.1 Å². The maximum Gasteiger partial charge on any atom is 0.353 e. The lowest BCUT2D eigenvalue weighted by atomic mass is 10.2. The Morgan fingerprint density at radius 2 is 1.79 bits per heavy atom. The van der Waals surface area contributed by atoms with Gasteiger partial charge < -0.3 is 25.0 Å². The Labute approximate surface area is 139 Å². The summed E-state index contributed by atoms with van der Waals surface area (Å²) in [5.74, 6) is 0.553. The summed E-state index contributed by atoms with van der Waals surface area (Å²) in [7, 11) is 0. The van der Waals surface area contributed by atoms with Gasteiger partial charge in [0.25, 0.3) is 0 Å². The van der Waals surface area contributed by atoms with Gasteiger partial charge in [-0.15, -0.1) is 0 Å². The molecule has 2 aliphatic rings. The number of hydrogen-bond acceptors (Lipinski definition) is 9. The van der Waals surface area contributed by atoms with E-state index in [2.05, 4.69) is 9.97 Å². The molecule has 2 fully saturated rings. The highest BCUT2D eigenvalue weighted by molar-refractivity contribution is 5.71. The van der Waals surface area contributed by atoms with Crippen molar-refractivity contribution in [1.29, 1.82) is 0 Å². The van der Waals surface area contributed by atoms with Crippen LogP contribution < -0.4 is 15.5 Å². The second-order valence-electron chi connectivity index (χ2n) is 6.10. The van der Waals surface area contributed by atoms with Crippen LogP contribution in [0.1, 0.15) is 13.8 Å². The molecule has 1 aromatic rings. The Morgan fingerprint density at radius 3 is 2.38 bits per heavy atom. The van der Waals surface area contributed by atoms with Gasteiger partial charge in [0.15, 0.2) is 0 Å². The van der Waals surface area contributed by atoms with Crippen LogP contribution in [0.5, 0.6) is 0 Å². The molecule has 3 heterocycles. The summed E-state index contributed by atoms with van der Waals surface area (Å²) in [4.78, 5) is 23.4. The molecule has 2 aliphatic heterocycles. The molecular weight excluding hydrogens is 316 g/mol. The number of aromatic nitrogens is 2. The van der Waals surface area contributed by atoms with Crippen LogP contribution in [0.15, 0.2) is 0 Å². The number of nitrogens with zero attached hydrogens (tertiary/aromatic N) is 5. The smallest absolute Gasteiger partial charge is 0.353 e. The van der Waals surface area contributed by atoms with E-state index in [4.69, 9.17) is 15.2 Å². The zero-order valence-corrected chi connectivity index (χ0v) is 13.8. The van der Waals surface area contributed by atoms with Gasteiger partial charge in [-0.2, -0.15) is 9.97 Å². The molecule has 10 nitrogen and oxygen atoms in total. The second kappa shape index (κ2) is 6.73. The topological polar surface area (TPSA) is 120 Å². The van der Waals surface area contributed by atoms with Crippen molar-refractivity contribution in [2.75, 3.05) is 54.9 Å². The standard InChI is InChI=1S/C14H22N6O4/c1-9-7-19(8-10(2)24-9)13-11(20(21)22)12(15)16-14(17-13)18-3-5-23-6-4-18/h9-10H,3-8H2,1-2H3,(H2,15,16,17)/t9-,10-/m1/s1. The predicted octanol–water partition coefficient (Wildman–Crippen LogP) is 0.417. The molecule has 2 saturated heterocycles. The van der Waals surface area contributed by atoms with E-state index >= 15 is 0 Å². The van der Waals surface area contributed by atoms with E-state index in [1.165, 1.54) is 0 Å². The third-order valence-electron chi connectivity index (χ3n) is 4.08. The van der Waals surface area contributed by atoms with Gasteiger partial charge in [0.2, 0.25) is 17.6 Å². The molecule has 3 rings (SSSR count). The summed E-state index contributed by atoms with van der Waals surface area (Å²) in [6.07, 6.45) is -0.0900. The van der Waals surface area contributed by atoms with Crippen LogP contribution in [0.3, 0.4) is 0 Å². The fraction of sp³-hybridized carbons (Fsp3) is 0.714. The lowest BCUT2D eigenvalue weighted by molar-refractivity contribution is -0.383. The molecule has 0 aromatic carbocycles. The van der Waals surface area contributed by atoms with Gasteiger partial charge in [0.1, 0.15) is 0 Å². The lowest BCUT2D eigenvalue weighted by Crippen LogP contribution is -2.46. The quantitative estimate of drug-likeness (QED) is 0.617. The van der Waals surface area contributed by atoms with Gasteiger partial charge in [0.05, 0.1) is 30.3 Å². The highest BCUT2D eigenvalue weighted by Crippen LogP contribution is 2.34. The molecule has 2 atom stereocenters. The number of nitrogens with two attached hydrogens (primary N) is 1. The van der Waals surface area contributed by atoms with Gasteiger partial charge in [0, 0.05) is 26.2 Å². The summed E-state index contributed by atoms with van der Waals surface area (Å²) in [5, 5.41) is 11.5. The molecular formula is C14H22N6O4. The largest absolute Gasteiger partial charge is 0.378 e. The third-order valence-corrected chi connectivity index (χ3v) is 4.08. The summed E-state index contributed by atoms with van der Waals surface area (Å²) in [6.45, 7) is 7.31. The zero-order valence-electron chi connectivity index (χ0n) is 13.8. The van der Waals surface area contributed by atoms with Crippen LogP contribution in [0.4, 0.5) is 23.3 Å². The van der Waals surface area contributed by atoms with Gasteiger partial charge in [-0.05, 0) is 13.8 Å². The molecule has 0 spiro atoms. The van der Waals surface area contributed by atoms with E-state index in [-0.39, 0.29) is 29.5 Å². The number of nitro groups is 1. The molecule has 1 aromatic heterocycles. The fourth-order valence-electron chi connectivity index (χ4n) is 3.10. The molecule has 0 bridgehead atoms. The lowest BCUT2D eigenvalue weighted by Gasteiger charge is -2.36. The van der Waals surface area contributed by atoms with Crippen molar-refractivity contribution in [3.63, 3.8) is 0 Å². The molecule has 0 amide bonds. The second-order valence-corrected chi connectivity index (χ2v) is 6.10. The van der Waals surface area contributed by atoms with E-state index in [1.54, 1.807) is 0 Å². The van der Waals surface area contributed by atoms with E-state index in [9.17, 15) is 10.1 Å². The van der Waals surface area contributed by atoms with Crippen molar-refractivity contribution in [3.8, 4) is 0 Å². The highest BCUT2D eigenvalue weighted by Gasteiger charge is 2.33. The summed E-state index contributed by atoms with van der Waals surface area (Å²) >= 11 is 0. The Balaban J connectivity index is 2.00. The maximum absolute atomic E-state index is 11.5. The molecule has 0 radical (unpaired) electrons. The Kier molecular flexibility index (Phi) is 4.67. The molecule has 2 N–H and O–H groups in total. The van der Waals surface area contributed by atoms with Gasteiger partial charge in [-0.3, -0.25) is 10.1 Å². The molecule has 0 unspecified atom stereocenters. The van der Waals surface area contributed by atoms with E-state index in [0.717, 1.165) is 0 Å². The number of nitrogen functional groups attached to an aromatic ring is 1. The van der Waals surface area contributed by atoms with Gasteiger partial charge in [-0.1, -0.05) is 0 Å². The minimum absolute atomic E-state index is 0.0450. The summed E-state index contributed by atoms with van der Waals surface area (Å²) < 4.78 is 11.0. The zero-order chi connectivity index (χ0) is 17.3. The van der Waals surface area contributed by atoms with Gasteiger partial charge >= 0.3 is 5.69 Å². The van der Waals surface area contributed by atoms with E-state index in [1.807, 2.05) is 23.6 Å². The minimum atomic E-state index is -0.515. The van der Waals surface area contributed by atoms with Crippen molar-refractivity contribution >= 4 is 23.3 Å². The highest BCUT2D eigenvalue weighted by atomic mass is 16.6. The first kappa shape index (κ1) is 16.7. The maximum atomic E-state index is 11.5. The van der Waals surface area contributed by atoms with E-state index in [0.29, 0.717) is 45.3 Å².